The van der Waals surface area contributed by atoms with Crippen LogP contribution in [-0.4, -0.2) is 0 Å². The van der Waals surface area contributed by atoms with Crippen LogP contribution in [0, 0.1) is 35.0 Å². The zero-order chi connectivity index (χ0) is 25.3. The molecule has 184 valence electrons. The van der Waals surface area contributed by atoms with Crippen molar-refractivity contribution >= 4 is 0 Å². The van der Waals surface area contributed by atoms with E-state index in [0.29, 0.717) is 18.4 Å². The molecule has 0 radical (unpaired) electrons. The van der Waals surface area contributed by atoms with Crippen molar-refractivity contribution in [2.45, 2.75) is 38.2 Å². The number of hydrogen-bond acceptors (Lipinski definition) is 1. The van der Waals surface area contributed by atoms with Crippen LogP contribution >= 0.6 is 0 Å². The molecule has 0 saturated heterocycles. The Labute approximate surface area is 197 Å². The topological polar surface area (TPSA) is 9.23 Å². The van der Waals surface area contributed by atoms with Crippen LogP contribution < -0.4 is 4.74 Å². The second kappa shape index (κ2) is 9.76. The highest BCUT2D eigenvalue weighted by Crippen LogP contribution is 2.39. The number of ether oxygens (including phenoxy) is 1. The highest BCUT2D eigenvalue weighted by Gasteiger charge is 2.40. The van der Waals surface area contributed by atoms with Crippen molar-refractivity contribution in [2.75, 3.05) is 0 Å². The Morgan fingerprint density at radius 2 is 1.57 bits per heavy atom. The van der Waals surface area contributed by atoms with Gasteiger partial charge in [0, 0.05) is 17.5 Å². The molecule has 0 bridgehead atoms. The molecule has 8 heteroatoms. The summed E-state index contributed by atoms with van der Waals surface area (Å²) in [7, 11) is 0. The van der Waals surface area contributed by atoms with Gasteiger partial charge in [-0.3, -0.25) is 0 Å². The molecule has 35 heavy (non-hydrogen) atoms. The number of halogens is 7. The van der Waals surface area contributed by atoms with Crippen molar-refractivity contribution in [3.8, 4) is 16.9 Å². The molecule has 0 heterocycles. The fourth-order valence-electron chi connectivity index (χ4n) is 4.21. The zero-order valence-electron chi connectivity index (χ0n) is 18.6. The first kappa shape index (κ1) is 24.8. The van der Waals surface area contributed by atoms with Crippen LogP contribution in [0.25, 0.3) is 11.1 Å². The average molecular weight is 494 g/mol. The van der Waals surface area contributed by atoms with Gasteiger partial charge in [0.05, 0.1) is 0 Å². The quantitative estimate of drug-likeness (QED) is 0.246. The first-order chi connectivity index (χ1) is 16.6. The van der Waals surface area contributed by atoms with Crippen molar-refractivity contribution in [1.29, 1.82) is 0 Å². The predicted molar refractivity (Wildman–Crippen MR) is 118 cm³/mol. The summed E-state index contributed by atoms with van der Waals surface area (Å²) in [6, 6.07) is 7.15. The van der Waals surface area contributed by atoms with Gasteiger partial charge in [0.25, 0.3) is 0 Å². The predicted octanol–water partition coefficient (Wildman–Crippen LogP) is 8.64. The van der Waals surface area contributed by atoms with E-state index in [1.54, 1.807) is 6.08 Å². The molecule has 0 spiro atoms. The lowest BCUT2D eigenvalue weighted by Gasteiger charge is -2.24. The minimum absolute atomic E-state index is 0.0187. The molecule has 1 aliphatic carbocycles. The first-order valence-electron chi connectivity index (χ1n) is 11.1. The fourth-order valence-corrected chi connectivity index (χ4v) is 4.21. The Morgan fingerprint density at radius 3 is 2.20 bits per heavy atom. The van der Waals surface area contributed by atoms with Crippen molar-refractivity contribution < 1.29 is 35.5 Å². The van der Waals surface area contributed by atoms with E-state index in [0.717, 1.165) is 55.3 Å². The van der Waals surface area contributed by atoms with Crippen LogP contribution in [0.5, 0.6) is 5.75 Å². The Morgan fingerprint density at radius 1 is 0.800 bits per heavy atom. The minimum atomic E-state index is -4.31. The normalized spacial score (nSPS) is 18.1. The van der Waals surface area contributed by atoms with Gasteiger partial charge in [-0.2, -0.15) is 8.78 Å². The lowest BCUT2D eigenvalue weighted by atomic mass is 9.83. The van der Waals surface area contributed by atoms with Crippen molar-refractivity contribution in [2.24, 2.45) is 5.92 Å². The summed E-state index contributed by atoms with van der Waals surface area (Å²) < 4.78 is 105. The highest BCUT2D eigenvalue weighted by molar-refractivity contribution is 5.65. The summed E-state index contributed by atoms with van der Waals surface area (Å²) in [4.78, 5) is 0. The summed E-state index contributed by atoms with van der Waals surface area (Å²) in [5.41, 5.74) is -1.55. The number of allylic oxidation sites excluding steroid dienone is 2. The van der Waals surface area contributed by atoms with Gasteiger partial charge in [-0.15, -0.1) is 0 Å². The molecule has 0 fully saturated rings. The summed E-state index contributed by atoms with van der Waals surface area (Å²) >= 11 is 0. The third-order valence-corrected chi connectivity index (χ3v) is 6.23. The summed E-state index contributed by atoms with van der Waals surface area (Å²) in [5, 5.41) is 0. The SMILES string of the molecule is CCC1C=CC(c2ccc(C(F)(F)Oc3ccc(-c4ccc(F)c(F)c4)c(F)c3)c(F)c2F)CC1. The molecule has 0 aromatic heterocycles. The maximum Gasteiger partial charge on any atom is 0.429 e. The van der Waals surface area contributed by atoms with Gasteiger partial charge < -0.3 is 4.74 Å². The van der Waals surface area contributed by atoms with Gasteiger partial charge in [0.1, 0.15) is 17.1 Å². The molecule has 0 amide bonds. The number of benzene rings is 3. The molecular formula is C27H21F7O. The van der Waals surface area contributed by atoms with Crippen LogP contribution in [-0.2, 0) is 6.11 Å². The minimum Gasteiger partial charge on any atom is -0.429 e. The van der Waals surface area contributed by atoms with Gasteiger partial charge >= 0.3 is 6.11 Å². The first-order valence-corrected chi connectivity index (χ1v) is 11.1. The maximum absolute atomic E-state index is 14.7. The highest BCUT2D eigenvalue weighted by atomic mass is 19.3. The van der Waals surface area contributed by atoms with Crippen molar-refractivity contribution in [3.05, 3.63) is 101 Å². The van der Waals surface area contributed by atoms with Crippen LogP contribution in [0.4, 0.5) is 30.7 Å². The van der Waals surface area contributed by atoms with E-state index in [1.807, 2.05) is 13.0 Å². The molecule has 2 atom stereocenters. The lowest BCUT2D eigenvalue weighted by molar-refractivity contribution is -0.187. The molecule has 3 aromatic rings. The van der Waals surface area contributed by atoms with E-state index in [-0.39, 0.29) is 16.7 Å². The Kier molecular flexibility index (Phi) is 6.92. The lowest BCUT2D eigenvalue weighted by Crippen LogP contribution is -2.24. The summed E-state index contributed by atoms with van der Waals surface area (Å²) in [6.07, 6.45) is 1.66. The molecule has 1 nitrogen and oxygen atoms in total. The van der Waals surface area contributed by atoms with Gasteiger partial charge in [-0.1, -0.05) is 31.2 Å². The second-order valence-corrected chi connectivity index (χ2v) is 8.46. The van der Waals surface area contributed by atoms with Crippen LogP contribution in [0.1, 0.15) is 43.2 Å². The molecule has 1 aliphatic rings. The summed E-state index contributed by atoms with van der Waals surface area (Å²) in [6.45, 7) is 2.02. The maximum atomic E-state index is 14.7. The van der Waals surface area contributed by atoms with Gasteiger partial charge in [-0.25, -0.2) is 22.0 Å². The molecule has 4 rings (SSSR count). The molecule has 0 saturated carbocycles. The van der Waals surface area contributed by atoms with E-state index in [4.69, 9.17) is 0 Å². The molecular weight excluding hydrogens is 473 g/mol. The second-order valence-electron chi connectivity index (χ2n) is 8.46. The van der Waals surface area contributed by atoms with E-state index in [2.05, 4.69) is 4.74 Å². The standard InChI is InChI=1S/C27H21F7O/c1-2-15-3-5-16(6-4-15)20-10-11-21(26(32)25(20)31)27(33,34)35-18-8-9-19(23(29)14-18)17-7-12-22(28)24(30)13-17/h3,5,7-16H,2,4,6H2,1H3. The van der Waals surface area contributed by atoms with Crippen LogP contribution in [0.3, 0.4) is 0 Å². The van der Waals surface area contributed by atoms with E-state index >= 15 is 0 Å². The Hall–Kier alpha value is -3.29. The third kappa shape index (κ3) is 5.06. The van der Waals surface area contributed by atoms with Crippen molar-refractivity contribution in [1.82, 2.24) is 0 Å². The molecule has 3 aromatic carbocycles. The largest absolute Gasteiger partial charge is 0.429 e. The van der Waals surface area contributed by atoms with Crippen LogP contribution in [0.15, 0.2) is 60.7 Å². The Balaban J connectivity index is 1.57. The molecule has 2 unspecified atom stereocenters. The van der Waals surface area contributed by atoms with Crippen LogP contribution in [0.2, 0.25) is 0 Å². The molecule has 0 aliphatic heterocycles. The number of hydrogen-bond donors (Lipinski definition) is 0. The van der Waals surface area contributed by atoms with Gasteiger partial charge in [0.15, 0.2) is 23.3 Å². The van der Waals surface area contributed by atoms with E-state index < -0.39 is 52.4 Å². The summed E-state index contributed by atoms with van der Waals surface area (Å²) in [5.74, 6) is -7.24. The number of alkyl halides is 2. The zero-order valence-corrected chi connectivity index (χ0v) is 18.6. The van der Waals surface area contributed by atoms with Gasteiger partial charge in [-0.05, 0) is 66.6 Å². The smallest absolute Gasteiger partial charge is 0.429 e. The fraction of sp³-hybridized carbons (Fsp3) is 0.259. The van der Waals surface area contributed by atoms with Gasteiger partial charge in [0.2, 0.25) is 0 Å². The monoisotopic (exact) mass is 494 g/mol. The third-order valence-electron chi connectivity index (χ3n) is 6.23. The molecule has 0 N–H and O–H groups in total. The number of rotatable bonds is 6. The van der Waals surface area contributed by atoms with Crippen molar-refractivity contribution in [3.63, 3.8) is 0 Å². The van der Waals surface area contributed by atoms with E-state index in [1.165, 1.54) is 0 Å². The average Bonchev–Trinajstić information content (AvgIpc) is 2.82. The Bertz CT molecular complexity index is 1270. The van der Waals surface area contributed by atoms with E-state index in [9.17, 15) is 30.7 Å².